The molecule has 0 saturated heterocycles. The van der Waals surface area contributed by atoms with Gasteiger partial charge in [0.25, 0.3) is 0 Å². The average molecular weight is 502 g/mol. The first-order valence-electron chi connectivity index (χ1n) is 12.4. The van der Waals surface area contributed by atoms with Crippen LogP contribution in [0.1, 0.15) is 64.8 Å². The van der Waals surface area contributed by atoms with Crippen molar-refractivity contribution in [1.29, 1.82) is 0 Å². The third-order valence-corrected chi connectivity index (χ3v) is 7.18. The fourth-order valence-corrected chi connectivity index (χ4v) is 5.30. The lowest BCUT2D eigenvalue weighted by molar-refractivity contribution is 0.0695. The van der Waals surface area contributed by atoms with E-state index in [2.05, 4.69) is 66.8 Å². The lowest BCUT2D eigenvalue weighted by Gasteiger charge is -2.33. The zero-order chi connectivity index (χ0) is 24.4. The fourth-order valence-electron chi connectivity index (χ4n) is 5.30. The van der Waals surface area contributed by atoms with Crippen molar-refractivity contribution in [2.24, 2.45) is 0 Å². The van der Waals surface area contributed by atoms with Gasteiger partial charge in [-0.1, -0.05) is 79.7 Å². The summed E-state index contributed by atoms with van der Waals surface area (Å²) in [5.41, 5.74) is 4.68. The minimum absolute atomic E-state index is 0. The minimum Gasteiger partial charge on any atom is -0.489 e. The van der Waals surface area contributed by atoms with Gasteiger partial charge in [0, 0.05) is 24.1 Å². The van der Waals surface area contributed by atoms with Gasteiger partial charge in [-0.05, 0) is 59.4 Å². The number of aryl methyl sites for hydroxylation is 1. The van der Waals surface area contributed by atoms with Gasteiger partial charge in [0.1, 0.15) is 11.9 Å². The molecule has 5 rings (SSSR count). The molecule has 1 aliphatic heterocycles. The number of nitrogens with one attached hydrogen (secondary N) is 1. The third-order valence-electron chi connectivity index (χ3n) is 7.18. The van der Waals surface area contributed by atoms with Crippen LogP contribution in [0.5, 0.6) is 5.75 Å². The second kappa shape index (κ2) is 11.2. The van der Waals surface area contributed by atoms with Gasteiger partial charge in [0.15, 0.2) is 0 Å². The molecule has 0 aromatic heterocycles. The Labute approximate surface area is 218 Å². The molecule has 36 heavy (non-hydrogen) atoms. The van der Waals surface area contributed by atoms with Crippen LogP contribution in [0.4, 0.5) is 0 Å². The van der Waals surface area contributed by atoms with Crippen LogP contribution in [-0.2, 0) is 6.42 Å². The molecule has 0 radical (unpaired) electrons. The predicted molar refractivity (Wildman–Crippen MR) is 148 cm³/mol. The molecule has 0 aliphatic carbocycles. The van der Waals surface area contributed by atoms with E-state index in [0.29, 0.717) is 18.5 Å². The number of hydrogen-bond acceptors (Lipinski definition) is 3. The van der Waals surface area contributed by atoms with Crippen molar-refractivity contribution in [3.05, 3.63) is 113 Å². The van der Waals surface area contributed by atoms with Crippen LogP contribution in [0.25, 0.3) is 10.8 Å². The summed E-state index contributed by atoms with van der Waals surface area (Å²) < 4.78 is 6.40. The van der Waals surface area contributed by atoms with E-state index < -0.39 is 5.97 Å². The first-order valence-corrected chi connectivity index (χ1v) is 12.4. The fraction of sp³-hybridized carbons (Fsp3) is 0.258. The zero-order valence-corrected chi connectivity index (χ0v) is 21.4. The Kier molecular flexibility index (Phi) is 7.97. The van der Waals surface area contributed by atoms with E-state index >= 15 is 0 Å². The molecular weight excluding hydrogens is 470 g/mol. The van der Waals surface area contributed by atoms with Crippen LogP contribution >= 0.6 is 12.4 Å². The van der Waals surface area contributed by atoms with Gasteiger partial charge >= 0.3 is 5.97 Å². The van der Waals surface area contributed by atoms with Gasteiger partial charge in [-0.25, -0.2) is 4.79 Å². The molecule has 4 nitrogen and oxygen atoms in total. The molecule has 2 N–H and O–H groups in total. The Balaban J connectivity index is 0.00000304. The molecule has 186 valence electrons. The van der Waals surface area contributed by atoms with Crippen LogP contribution in [0.3, 0.4) is 0 Å². The number of carboxylic acid groups (broad SMARTS) is 1. The number of carboxylic acids is 1. The van der Waals surface area contributed by atoms with E-state index in [1.54, 1.807) is 0 Å². The molecule has 0 amide bonds. The van der Waals surface area contributed by atoms with Crippen LogP contribution in [0.2, 0.25) is 0 Å². The van der Waals surface area contributed by atoms with Crippen LogP contribution < -0.4 is 10.1 Å². The van der Waals surface area contributed by atoms with Crippen molar-refractivity contribution in [2.75, 3.05) is 6.54 Å². The molecule has 1 heterocycles. The van der Waals surface area contributed by atoms with Gasteiger partial charge in [-0.3, -0.25) is 0 Å². The monoisotopic (exact) mass is 501 g/mol. The van der Waals surface area contributed by atoms with Gasteiger partial charge in [0.05, 0.1) is 5.56 Å². The molecule has 0 bridgehead atoms. The molecule has 0 saturated carbocycles. The van der Waals surface area contributed by atoms with Crippen LogP contribution in [0, 0.1) is 0 Å². The van der Waals surface area contributed by atoms with E-state index in [1.165, 1.54) is 16.3 Å². The molecular formula is C31H32ClNO3. The standard InChI is InChI=1S/C31H31NO3.ClH/c1-3-21-15-16-23(17-29(21)31(33)34)28-18-24(35-30-14-7-6-12-27(28)30)19-32-20(2)25-13-8-10-22-9-4-5-11-26(22)25;/h4-17,20,24,28,32H,3,18-19H2,1-2H3,(H,33,34);1H/t20-,24-,28+;/m1./s1. The van der Waals surface area contributed by atoms with E-state index in [1.807, 2.05) is 37.3 Å². The van der Waals surface area contributed by atoms with Crippen molar-refractivity contribution in [2.45, 2.75) is 44.8 Å². The van der Waals surface area contributed by atoms with Crippen LogP contribution in [-0.4, -0.2) is 23.7 Å². The summed E-state index contributed by atoms with van der Waals surface area (Å²) >= 11 is 0. The van der Waals surface area contributed by atoms with E-state index in [0.717, 1.165) is 28.9 Å². The van der Waals surface area contributed by atoms with E-state index in [-0.39, 0.29) is 30.5 Å². The largest absolute Gasteiger partial charge is 0.489 e. The number of halogens is 1. The Bertz CT molecular complexity index is 1360. The lowest BCUT2D eigenvalue weighted by Crippen LogP contribution is -2.37. The maximum Gasteiger partial charge on any atom is 0.335 e. The zero-order valence-electron chi connectivity index (χ0n) is 20.6. The Morgan fingerprint density at radius 3 is 2.58 bits per heavy atom. The second-order valence-electron chi connectivity index (χ2n) is 9.34. The molecule has 0 unspecified atom stereocenters. The molecule has 4 aromatic carbocycles. The molecule has 3 atom stereocenters. The normalized spacial score (nSPS) is 17.5. The van der Waals surface area contributed by atoms with Crippen LogP contribution in [0.15, 0.2) is 84.9 Å². The highest BCUT2D eigenvalue weighted by atomic mass is 35.5. The van der Waals surface area contributed by atoms with Gasteiger partial charge in [-0.15, -0.1) is 12.4 Å². The summed E-state index contributed by atoms with van der Waals surface area (Å²) in [4.78, 5) is 11.9. The number of hydrogen-bond donors (Lipinski definition) is 2. The smallest absolute Gasteiger partial charge is 0.335 e. The number of ether oxygens (including phenoxy) is 1. The molecule has 5 heteroatoms. The number of benzene rings is 4. The molecule has 0 fully saturated rings. The SMILES string of the molecule is CCc1ccc([C@@H]2C[C@H](CN[C@H](C)c3cccc4ccccc34)Oc3ccccc32)cc1C(=O)O.Cl. The van der Waals surface area contributed by atoms with Crippen molar-refractivity contribution >= 4 is 29.1 Å². The summed E-state index contributed by atoms with van der Waals surface area (Å²) in [5.74, 6) is 0.0969. The highest BCUT2D eigenvalue weighted by Gasteiger charge is 2.30. The number of para-hydroxylation sites is 1. The first-order chi connectivity index (χ1) is 17.0. The maximum absolute atomic E-state index is 11.9. The van der Waals surface area contributed by atoms with Gasteiger partial charge in [-0.2, -0.15) is 0 Å². The summed E-state index contributed by atoms with van der Waals surface area (Å²) in [6, 6.07) is 29.1. The number of rotatable bonds is 7. The summed E-state index contributed by atoms with van der Waals surface area (Å²) in [6.45, 7) is 4.89. The number of aromatic carboxylic acids is 1. The Hall–Kier alpha value is -3.34. The van der Waals surface area contributed by atoms with Crippen molar-refractivity contribution in [1.82, 2.24) is 5.32 Å². The van der Waals surface area contributed by atoms with E-state index in [9.17, 15) is 9.90 Å². The maximum atomic E-state index is 11.9. The Morgan fingerprint density at radius 1 is 1.03 bits per heavy atom. The first kappa shape index (κ1) is 25.7. The predicted octanol–water partition coefficient (Wildman–Crippen LogP) is 7.16. The third kappa shape index (κ3) is 5.11. The minimum atomic E-state index is -0.869. The molecule has 1 aliphatic rings. The van der Waals surface area contributed by atoms with Gasteiger partial charge < -0.3 is 15.2 Å². The second-order valence-corrected chi connectivity index (χ2v) is 9.34. The van der Waals surface area contributed by atoms with E-state index in [4.69, 9.17) is 4.74 Å². The molecule has 4 aromatic rings. The summed E-state index contributed by atoms with van der Waals surface area (Å²) in [7, 11) is 0. The van der Waals surface area contributed by atoms with Crippen molar-refractivity contribution in [3.8, 4) is 5.75 Å². The average Bonchev–Trinajstić information content (AvgIpc) is 2.90. The summed E-state index contributed by atoms with van der Waals surface area (Å²) in [6.07, 6.45) is 1.47. The van der Waals surface area contributed by atoms with Gasteiger partial charge in [0.2, 0.25) is 0 Å². The number of carbonyl (C=O) groups is 1. The van der Waals surface area contributed by atoms with Crippen molar-refractivity contribution < 1.29 is 14.6 Å². The lowest BCUT2D eigenvalue weighted by atomic mass is 9.82. The summed E-state index contributed by atoms with van der Waals surface area (Å²) in [5, 5.41) is 16.0. The number of fused-ring (bicyclic) bond motifs is 2. The van der Waals surface area contributed by atoms with Crippen molar-refractivity contribution in [3.63, 3.8) is 0 Å². The topological polar surface area (TPSA) is 58.6 Å². The highest BCUT2D eigenvalue weighted by molar-refractivity contribution is 5.89. The quantitative estimate of drug-likeness (QED) is 0.282. The molecule has 0 spiro atoms. The highest BCUT2D eigenvalue weighted by Crippen LogP contribution is 2.41. The Morgan fingerprint density at radius 2 is 1.78 bits per heavy atom.